The Morgan fingerprint density at radius 1 is 1.26 bits per heavy atom. The number of H-pyrrole nitrogens is 1. The molecule has 0 saturated heterocycles. The van der Waals surface area contributed by atoms with Crippen LogP contribution in [0, 0.1) is 0 Å². The highest BCUT2D eigenvalue weighted by molar-refractivity contribution is 6.22. The number of aromatic amines is 1. The first-order valence-corrected chi connectivity index (χ1v) is 5.73. The van der Waals surface area contributed by atoms with Gasteiger partial charge in [0.2, 0.25) is 5.65 Å². The van der Waals surface area contributed by atoms with Crippen LogP contribution in [0.15, 0.2) is 46.6 Å². The lowest BCUT2D eigenvalue weighted by atomic mass is 10.1. The van der Waals surface area contributed by atoms with Gasteiger partial charge in [0.25, 0.3) is 5.56 Å². The average Bonchev–Trinajstić information content (AvgIpc) is 3.01. The van der Waals surface area contributed by atoms with Crippen molar-refractivity contribution in [3.05, 3.63) is 58.3 Å². The molecule has 0 radical (unpaired) electrons. The summed E-state index contributed by atoms with van der Waals surface area (Å²) in [6.07, 6.45) is 3.23. The van der Waals surface area contributed by atoms with E-state index in [1.165, 1.54) is 0 Å². The number of fused-ring (bicyclic) bond motifs is 5. The largest absolute Gasteiger partial charge is 0.410 e. The highest BCUT2D eigenvalue weighted by Gasteiger charge is 2.29. The third kappa shape index (κ3) is 1.12. The lowest BCUT2D eigenvalue weighted by Gasteiger charge is -2.03. The summed E-state index contributed by atoms with van der Waals surface area (Å²) < 4.78 is 1.64. The summed E-state index contributed by atoms with van der Waals surface area (Å²) in [7, 11) is 0. The van der Waals surface area contributed by atoms with Crippen molar-refractivity contribution in [2.45, 2.75) is 0 Å². The zero-order chi connectivity index (χ0) is 13.0. The average molecular weight is 252 g/mol. The van der Waals surface area contributed by atoms with Crippen LogP contribution in [0.1, 0.15) is 11.3 Å². The maximum Gasteiger partial charge on any atom is 0.292 e. The van der Waals surface area contributed by atoms with Gasteiger partial charge in [0.05, 0.1) is 5.69 Å². The van der Waals surface area contributed by atoms with Crippen LogP contribution in [0.3, 0.4) is 0 Å². The maximum absolute atomic E-state index is 12.0. The number of hydrogen-bond donors (Lipinski definition) is 2. The molecule has 4 rings (SSSR count). The van der Waals surface area contributed by atoms with Gasteiger partial charge < -0.3 is 10.2 Å². The fourth-order valence-electron chi connectivity index (χ4n) is 2.56. The molecule has 1 aliphatic rings. The Kier molecular flexibility index (Phi) is 1.76. The van der Waals surface area contributed by atoms with Gasteiger partial charge in [-0.05, 0) is 0 Å². The third-order valence-electron chi connectivity index (χ3n) is 3.34. The number of aromatic nitrogens is 3. The molecule has 0 aliphatic heterocycles. The summed E-state index contributed by atoms with van der Waals surface area (Å²) in [6, 6.07) is 7.47. The molecule has 1 aliphatic carbocycles. The number of nitrogens with zero attached hydrogens (tertiary/aromatic N) is 3. The van der Waals surface area contributed by atoms with E-state index in [1.54, 1.807) is 16.8 Å². The number of hydrogen-bond acceptors (Lipinski definition) is 4. The van der Waals surface area contributed by atoms with Crippen molar-refractivity contribution >= 4 is 11.4 Å². The van der Waals surface area contributed by atoms with E-state index in [2.05, 4.69) is 15.1 Å². The molecule has 6 heteroatoms. The number of oxime groups is 1. The summed E-state index contributed by atoms with van der Waals surface area (Å²) in [5.41, 5.74) is 3.39. The zero-order valence-electron chi connectivity index (χ0n) is 9.66. The summed E-state index contributed by atoms with van der Waals surface area (Å²) in [5.74, 6) is 0. The maximum atomic E-state index is 12.0. The Bertz CT molecular complexity index is 904. The molecule has 0 bridgehead atoms. The van der Waals surface area contributed by atoms with Gasteiger partial charge in [-0.25, -0.2) is 4.98 Å². The van der Waals surface area contributed by atoms with E-state index < -0.39 is 0 Å². The molecule has 0 fully saturated rings. The molecule has 0 saturated carbocycles. The monoisotopic (exact) mass is 252 g/mol. The van der Waals surface area contributed by atoms with Crippen LogP contribution in [-0.4, -0.2) is 25.3 Å². The Hall–Kier alpha value is -2.89. The second-order valence-electron chi connectivity index (χ2n) is 4.29. The van der Waals surface area contributed by atoms with E-state index in [9.17, 15) is 10.0 Å². The minimum absolute atomic E-state index is 0.266. The summed E-state index contributed by atoms with van der Waals surface area (Å²) >= 11 is 0. The van der Waals surface area contributed by atoms with Crippen molar-refractivity contribution in [1.29, 1.82) is 0 Å². The fraction of sp³-hybridized carbons (Fsp3) is 0. The van der Waals surface area contributed by atoms with Crippen LogP contribution < -0.4 is 5.56 Å². The first-order valence-electron chi connectivity index (χ1n) is 5.73. The van der Waals surface area contributed by atoms with Crippen LogP contribution >= 0.6 is 0 Å². The van der Waals surface area contributed by atoms with Gasteiger partial charge in [0, 0.05) is 23.5 Å². The molecule has 2 N–H and O–H groups in total. The van der Waals surface area contributed by atoms with Gasteiger partial charge >= 0.3 is 0 Å². The highest BCUT2D eigenvalue weighted by Crippen LogP contribution is 2.34. The second kappa shape index (κ2) is 3.32. The highest BCUT2D eigenvalue weighted by atomic mass is 16.4. The lowest BCUT2D eigenvalue weighted by molar-refractivity contribution is 0.319. The van der Waals surface area contributed by atoms with Gasteiger partial charge in [0.15, 0.2) is 0 Å². The van der Waals surface area contributed by atoms with Gasteiger partial charge in [0.1, 0.15) is 11.4 Å². The molecule has 2 aromatic heterocycles. The molecular formula is C13H8N4O2. The second-order valence-corrected chi connectivity index (χ2v) is 4.29. The van der Waals surface area contributed by atoms with Gasteiger partial charge in [-0.2, -0.15) is 0 Å². The van der Waals surface area contributed by atoms with E-state index in [1.807, 2.05) is 24.3 Å². The fourth-order valence-corrected chi connectivity index (χ4v) is 2.56. The van der Waals surface area contributed by atoms with E-state index in [4.69, 9.17) is 0 Å². The molecule has 0 atom stereocenters. The van der Waals surface area contributed by atoms with Crippen molar-refractivity contribution in [1.82, 2.24) is 14.4 Å². The van der Waals surface area contributed by atoms with Crippen LogP contribution in [0.4, 0.5) is 0 Å². The van der Waals surface area contributed by atoms with Crippen molar-refractivity contribution < 1.29 is 5.21 Å². The summed E-state index contributed by atoms with van der Waals surface area (Å²) in [5, 5.41) is 12.7. The van der Waals surface area contributed by atoms with E-state index >= 15 is 0 Å². The molecule has 19 heavy (non-hydrogen) atoms. The minimum Gasteiger partial charge on any atom is -0.410 e. The van der Waals surface area contributed by atoms with Crippen molar-refractivity contribution in [3.63, 3.8) is 0 Å². The zero-order valence-corrected chi connectivity index (χ0v) is 9.66. The van der Waals surface area contributed by atoms with E-state index in [-0.39, 0.29) is 11.2 Å². The van der Waals surface area contributed by atoms with Crippen LogP contribution in [0.25, 0.3) is 16.9 Å². The van der Waals surface area contributed by atoms with Gasteiger partial charge in [-0.3, -0.25) is 9.20 Å². The number of rotatable bonds is 0. The predicted octanol–water partition coefficient (Wildman–Crippen LogP) is 1.23. The topological polar surface area (TPSA) is 82.8 Å². The van der Waals surface area contributed by atoms with Crippen molar-refractivity contribution in [2.75, 3.05) is 0 Å². The van der Waals surface area contributed by atoms with Crippen molar-refractivity contribution in [3.8, 4) is 11.3 Å². The smallest absolute Gasteiger partial charge is 0.292 e. The van der Waals surface area contributed by atoms with Crippen molar-refractivity contribution in [2.24, 2.45) is 5.16 Å². The quantitative estimate of drug-likeness (QED) is 0.365. The molecule has 2 heterocycles. The molecule has 0 unspecified atom stereocenters. The van der Waals surface area contributed by atoms with Crippen LogP contribution in [-0.2, 0) is 0 Å². The SMILES string of the molecule is O=c1[nH]c2c(n3ccnc13)/C(=N/O)c1ccccc1-2. The van der Waals surface area contributed by atoms with Crippen LogP contribution in [0.2, 0.25) is 0 Å². The standard InChI is InChI=1S/C13H8N4O2/c18-13-12-14-5-6-17(12)11-9(15-13)7-3-1-2-4-8(7)10(11)16-19/h1-6,19H,(H,15,18)/b16-10+. The van der Waals surface area contributed by atoms with E-state index in [0.29, 0.717) is 17.1 Å². The molecule has 0 spiro atoms. The molecule has 6 nitrogen and oxygen atoms in total. The summed E-state index contributed by atoms with van der Waals surface area (Å²) in [6.45, 7) is 0. The van der Waals surface area contributed by atoms with E-state index in [0.717, 1.165) is 11.1 Å². The molecule has 3 aromatic rings. The molecule has 0 amide bonds. The lowest BCUT2D eigenvalue weighted by Crippen LogP contribution is -2.15. The van der Waals surface area contributed by atoms with Crippen LogP contribution in [0.5, 0.6) is 0 Å². The Balaban J connectivity index is 2.26. The van der Waals surface area contributed by atoms with Gasteiger partial charge in [-0.1, -0.05) is 29.4 Å². The predicted molar refractivity (Wildman–Crippen MR) is 68.7 cm³/mol. The number of imidazole rings is 1. The first-order chi connectivity index (χ1) is 9.31. The Labute approximate surface area is 106 Å². The Morgan fingerprint density at radius 3 is 2.84 bits per heavy atom. The molecule has 1 aromatic carbocycles. The van der Waals surface area contributed by atoms with Gasteiger partial charge in [-0.15, -0.1) is 0 Å². The number of benzene rings is 1. The normalized spacial score (nSPS) is 14.8. The molecule has 92 valence electrons. The Morgan fingerprint density at radius 2 is 2.05 bits per heavy atom. The third-order valence-corrected chi connectivity index (χ3v) is 3.34. The minimum atomic E-state index is -0.266. The number of nitrogens with one attached hydrogen (secondary N) is 1. The first kappa shape index (κ1) is 10.1. The molecular weight excluding hydrogens is 244 g/mol. The summed E-state index contributed by atoms with van der Waals surface area (Å²) in [4.78, 5) is 18.8.